The molecule has 0 spiro atoms. The lowest BCUT2D eigenvalue weighted by molar-refractivity contribution is 0.590. The highest BCUT2D eigenvalue weighted by atomic mass is 32.1. The minimum atomic E-state index is -0.0509. The van der Waals surface area contributed by atoms with Crippen molar-refractivity contribution in [3.05, 3.63) is 175 Å². The lowest BCUT2D eigenvalue weighted by Gasteiger charge is -2.41. The van der Waals surface area contributed by atoms with Crippen molar-refractivity contribution in [3.8, 4) is 33.4 Å². The summed E-state index contributed by atoms with van der Waals surface area (Å²) in [6.45, 7) is 14.1. The van der Waals surface area contributed by atoms with Crippen LogP contribution in [0.2, 0.25) is 0 Å². The van der Waals surface area contributed by atoms with Crippen LogP contribution in [0.25, 0.3) is 75.4 Å². The topological polar surface area (TPSA) is 8.17 Å². The Bertz CT molecular complexity index is 3380. The zero-order valence-corrected chi connectivity index (χ0v) is 35.8. The maximum atomic E-state index is 2.73. The van der Waals surface area contributed by atoms with Gasteiger partial charge in [-0.25, -0.2) is 0 Å². The molecule has 2 nitrogen and oxygen atoms in total. The Morgan fingerprint density at radius 1 is 0.483 bits per heavy atom. The van der Waals surface area contributed by atoms with E-state index in [0.717, 1.165) is 5.69 Å². The van der Waals surface area contributed by atoms with E-state index < -0.39 is 0 Å². The summed E-state index contributed by atoms with van der Waals surface area (Å²) >= 11 is 1.92. The number of nitrogens with zero attached hydrogens (tertiary/aromatic N) is 2. The zero-order chi connectivity index (χ0) is 40.7. The van der Waals surface area contributed by atoms with Crippen molar-refractivity contribution < 1.29 is 0 Å². The Hall–Kier alpha value is -6.36. The van der Waals surface area contributed by atoms with Crippen molar-refractivity contribution in [2.75, 3.05) is 4.90 Å². The van der Waals surface area contributed by atoms with E-state index in [2.05, 4.69) is 215 Å². The second-order valence-electron chi connectivity index (χ2n) is 19.0. The van der Waals surface area contributed by atoms with Crippen LogP contribution in [0.4, 0.5) is 17.1 Å². The molecule has 0 fully saturated rings. The van der Waals surface area contributed by atoms with Gasteiger partial charge in [0, 0.05) is 64.6 Å². The van der Waals surface area contributed by atoms with Gasteiger partial charge < -0.3 is 9.38 Å². The van der Waals surface area contributed by atoms with Gasteiger partial charge in [-0.05, 0) is 115 Å². The summed E-state index contributed by atoms with van der Waals surface area (Å²) in [7, 11) is 0. The molecule has 0 amide bonds. The molecule has 60 heavy (non-hydrogen) atoms. The first-order valence-corrected chi connectivity index (χ1v) is 22.1. The fraction of sp³-hybridized carbons (Fsp3) is 0.143. The van der Waals surface area contributed by atoms with E-state index in [4.69, 9.17) is 0 Å². The van der Waals surface area contributed by atoms with Gasteiger partial charge in [-0.15, -0.1) is 11.3 Å². The fourth-order valence-corrected chi connectivity index (χ4v) is 11.4. The number of fused-ring (bicyclic) bond motifs is 11. The van der Waals surface area contributed by atoms with E-state index in [9.17, 15) is 0 Å². The zero-order valence-electron chi connectivity index (χ0n) is 35.0. The van der Waals surface area contributed by atoms with Crippen molar-refractivity contribution in [2.24, 2.45) is 0 Å². The van der Waals surface area contributed by atoms with Crippen molar-refractivity contribution in [2.45, 2.75) is 52.4 Å². The predicted octanol–water partition coefficient (Wildman–Crippen LogP) is 14.5. The summed E-state index contributed by atoms with van der Waals surface area (Å²) < 4.78 is 5.39. The van der Waals surface area contributed by atoms with Crippen LogP contribution in [0.3, 0.4) is 0 Å². The van der Waals surface area contributed by atoms with Gasteiger partial charge in [-0.3, -0.25) is 0 Å². The lowest BCUT2D eigenvalue weighted by atomic mass is 9.44. The van der Waals surface area contributed by atoms with Gasteiger partial charge in [0.2, 0.25) is 0 Å². The highest BCUT2D eigenvalue weighted by Gasteiger charge is 2.44. The molecule has 2 aliphatic heterocycles. The molecule has 0 radical (unpaired) electrons. The van der Waals surface area contributed by atoms with E-state index in [1.54, 1.807) is 0 Å². The van der Waals surface area contributed by atoms with Gasteiger partial charge in [0.15, 0.2) is 0 Å². The Labute approximate surface area is 356 Å². The first kappa shape index (κ1) is 35.6. The van der Waals surface area contributed by atoms with Crippen LogP contribution in [0, 0.1) is 0 Å². The van der Waals surface area contributed by atoms with Gasteiger partial charge >= 0.3 is 6.85 Å². The maximum Gasteiger partial charge on any atom is 0.333 e. The Morgan fingerprint density at radius 3 is 1.83 bits per heavy atom. The summed E-state index contributed by atoms with van der Waals surface area (Å²) in [5.41, 5.74) is 19.3. The number of aromatic nitrogens is 1. The van der Waals surface area contributed by atoms with Crippen LogP contribution in [0.1, 0.15) is 52.7 Å². The Balaban J connectivity index is 1.26. The van der Waals surface area contributed by atoms with Crippen molar-refractivity contribution in [1.82, 2.24) is 4.48 Å². The summed E-state index contributed by atoms with van der Waals surface area (Å²) in [6.07, 6.45) is 0. The summed E-state index contributed by atoms with van der Waals surface area (Å²) in [5, 5.41) is 5.40. The fourth-order valence-electron chi connectivity index (χ4n) is 10.2. The number of benzene rings is 8. The van der Waals surface area contributed by atoms with E-state index in [1.807, 2.05) is 11.3 Å². The molecule has 4 heteroatoms. The molecule has 10 aromatic rings. The number of hydrogen-bond donors (Lipinski definition) is 0. The highest BCUT2D eigenvalue weighted by Crippen LogP contribution is 2.52. The standard InChI is InChI=1S/C56H45BN2S/c1-55(2,3)38-24-28-46-42(30-38)43-31-39(56(4,5)6)32-44-52-51-41-19-13-14-20-49(41)60-50(51)33-48-53(52)57(59(46)54(43)44)45-29-37(35-17-11-8-12-18-35)23-27-47(45)58(48)40-25-21-36(22-26-40)34-15-9-7-10-16-34/h7-33H,1-6H3. The van der Waals surface area contributed by atoms with Gasteiger partial charge in [-0.1, -0.05) is 151 Å². The summed E-state index contributed by atoms with van der Waals surface area (Å²) in [4.78, 5) is 2.57. The normalized spacial score (nSPS) is 13.4. The molecule has 2 aliphatic rings. The lowest BCUT2D eigenvalue weighted by Crippen LogP contribution is -2.56. The monoisotopic (exact) mass is 788 g/mol. The molecule has 0 atom stereocenters. The number of thiophene rings is 1. The number of hydrogen-bond acceptors (Lipinski definition) is 2. The summed E-state index contributed by atoms with van der Waals surface area (Å²) in [5.74, 6) is 0. The molecule has 0 saturated carbocycles. The van der Waals surface area contributed by atoms with Crippen molar-refractivity contribution >= 4 is 88.2 Å². The van der Waals surface area contributed by atoms with Gasteiger partial charge in [0.05, 0.1) is 0 Å². The predicted molar refractivity (Wildman–Crippen MR) is 261 cm³/mol. The molecule has 8 aromatic carbocycles. The molecule has 288 valence electrons. The molecule has 0 saturated heterocycles. The van der Waals surface area contributed by atoms with Crippen molar-refractivity contribution in [3.63, 3.8) is 0 Å². The first-order valence-electron chi connectivity index (χ1n) is 21.3. The smallest absolute Gasteiger partial charge is 0.333 e. The van der Waals surface area contributed by atoms with Gasteiger partial charge in [0.1, 0.15) is 0 Å². The SMILES string of the molecule is CC(C)(C)c1ccc2c(c1)c1cc(C(C)(C)C)cc3c1n2B1c2cc(-c4ccccc4)ccc2N(c2ccc(-c4ccccc4)cc2)c2cc4sc5ccccc5c4c-3c21. The number of rotatable bonds is 3. The van der Waals surface area contributed by atoms with Crippen LogP contribution >= 0.6 is 11.3 Å². The molecule has 0 unspecified atom stereocenters. The maximum absolute atomic E-state index is 2.73. The molecule has 0 bridgehead atoms. The van der Waals surface area contributed by atoms with Crippen LogP contribution < -0.4 is 15.8 Å². The largest absolute Gasteiger partial charge is 0.375 e. The molecule has 2 aromatic heterocycles. The van der Waals surface area contributed by atoms with Crippen LogP contribution in [0.15, 0.2) is 164 Å². The third-order valence-electron chi connectivity index (χ3n) is 13.3. The van der Waals surface area contributed by atoms with Crippen LogP contribution in [-0.4, -0.2) is 11.3 Å². The minimum absolute atomic E-state index is 0.0176. The average Bonchev–Trinajstić information content (AvgIpc) is 3.80. The molecule has 12 rings (SSSR count). The quantitative estimate of drug-likeness (QED) is 0.162. The van der Waals surface area contributed by atoms with Crippen molar-refractivity contribution in [1.29, 1.82) is 0 Å². The molecule has 0 N–H and O–H groups in total. The highest BCUT2D eigenvalue weighted by molar-refractivity contribution is 7.26. The Morgan fingerprint density at radius 2 is 1.12 bits per heavy atom. The molecular formula is C56H45BN2S. The van der Waals surface area contributed by atoms with Gasteiger partial charge in [0.25, 0.3) is 0 Å². The summed E-state index contributed by atoms with van der Waals surface area (Å²) in [6, 6.07) is 62.0. The second kappa shape index (κ2) is 12.6. The first-order chi connectivity index (χ1) is 29.0. The van der Waals surface area contributed by atoms with E-state index in [0.29, 0.717) is 0 Å². The van der Waals surface area contributed by atoms with Gasteiger partial charge in [-0.2, -0.15) is 0 Å². The van der Waals surface area contributed by atoms with E-state index in [-0.39, 0.29) is 17.7 Å². The van der Waals surface area contributed by atoms with Crippen LogP contribution in [0.5, 0.6) is 0 Å². The third-order valence-corrected chi connectivity index (χ3v) is 14.4. The van der Waals surface area contributed by atoms with E-state index in [1.165, 1.54) is 109 Å². The third kappa shape index (κ3) is 5.13. The molecule has 4 heterocycles. The minimum Gasteiger partial charge on any atom is -0.375 e. The second-order valence-corrected chi connectivity index (χ2v) is 20.1. The number of anilines is 3. The van der Waals surface area contributed by atoms with E-state index >= 15 is 0 Å². The Kier molecular flexibility index (Phi) is 7.46. The van der Waals surface area contributed by atoms with Crippen LogP contribution in [-0.2, 0) is 10.8 Å². The molecular weight excluding hydrogens is 744 g/mol. The average molecular weight is 789 g/mol. The molecule has 0 aliphatic carbocycles.